The molecule has 0 bridgehead atoms. The van der Waals surface area contributed by atoms with Crippen LogP contribution < -0.4 is 10.2 Å². The summed E-state index contributed by atoms with van der Waals surface area (Å²) in [5, 5.41) is 5.50. The minimum atomic E-state index is -0.373. The third kappa shape index (κ3) is 3.14. The van der Waals surface area contributed by atoms with Gasteiger partial charge in [0.05, 0.1) is 11.9 Å². The Hall–Kier alpha value is -2.69. The lowest BCUT2D eigenvalue weighted by Gasteiger charge is -2.17. The van der Waals surface area contributed by atoms with Gasteiger partial charge in [-0.1, -0.05) is 6.07 Å². The minimum absolute atomic E-state index is 0.368. The molecule has 2 heterocycles. The summed E-state index contributed by atoms with van der Waals surface area (Å²) in [7, 11) is 1.85. The molecule has 1 N–H and O–H groups in total. The second-order valence-electron chi connectivity index (χ2n) is 5.07. The molecule has 0 aliphatic rings. The van der Waals surface area contributed by atoms with Crippen LogP contribution in [-0.2, 0) is 0 Å². The van der Waals surface area contributed by atoms with Crippen LogP contribution in [0.15, 0.2) is 55.0 Å². The lowest BCUT2D eigenvalue weighted by atomic mass is 10.1. The van der Waals surface area contributed by atoms with Gasteiger partial charge in [0.15, 0.2) is 0 Å². The van der Waals surface area contributed by atoms with Gasteiger partial charge >= 0.3 is 0 Å². The van der Waals surface area contributed by atoms with Crippen LogP contribution in [0.25, 0.3) is 10.8 Å². The Morgan fingerprint density at radius 1 is 1.09 bits per heavy atom. The van der Waals surface area contributed by atoms with Gasteiger partial charge in [0.1, 0.15) is 12.5 Å². The molecule has 112 valence electrons. The van der Waals surface area contributed by atoms with Gasteiger partial charge < -0.3 is 10.2 Å². The molecule has 0 unspecified atom stereocenters. The van der Waals surface area contributed by atoms with Gasteiger partial charge in [-0.15, -0.1) is 0 Å². The van der Waals surface area contributed by atoms with Gasteiger partial charge in [-0.05, 0) is 35.7 Å². The van der Waals surface area contributed by atoms with Crippen LogP contribution in [0.1, 0.15) is 0 Å². The van der Waals surface area contributed by atoms with Gasteiger partial charge in [-0.25, -0.2) is 9.37 Å². The van der Waals surface area contributed by atoms with Crippen molar-refractivity contribution in [2.24, 2.45) is 0 Å². The van der Waals surface area contributed by atoms with E-state index in [-0.39, 0.29) is 6.67 Å². The van der Waals surface area contributed by atoms with Crippen LogP contribution in [0.2, 0.25) is 0 Å². The number of nitrogens with zero attached hydrogens (tertiary/aromatic N) is 3. The van der Waals surface area contributed by atoms with E-state index >= 15 is 0 Å². The maximum absolute atomic E-state index is 12.3. The molecule has 3 aromatic rings. The number of fused-ring (bicyclic) bond motifs is 1. The third-order valence-electron chi connectivity index (χ3n) is 3.52. The normalized spacial score (nSPS) is 10.6. The van der Waals surface area contributed by atoms with Gasteiger partial charge in [0.2, 0.25) is 0 Å². The lowest BCUT2D eigenvalue weighted by Crippen LogP contribution is -2.19. The predicted octanol–water partition coefficient (Wildman–Crippen LogP) is 3.78. The highest BCUT2D eigenvalue weighted by Crippen LogP contribution is 2.22. The van der Waals surface area contributed by atoms with Crippen molar-refractivity contribution in [1.29, 1.82) is 0 Å². The van der Waals surface area contributed by atoms with E-state index in [0.717, 1.165) is 28.0 Å². The fourth-order valence-electron chi connectivity index (χ4n) is 2.25. The number of nitrogens with one attached hydrogen (secondary N) is 1. The highest BCUT2D eigenvalue weighted by atomic mass is 19.1. The molecule has 0 atom stereocenters. The molecule has 0 saturated heterocycles. The van der Waals surface area contributed by atoms with Crippen molar-refractivity contribution in [2.45, 2.75) is 0 Å². The van der Waals surface area contributed by atoms with Crippen LogP contribution in [0.4, 0.5) is 21.6 Å². The number of alkyl halides is 1. The summed E-state index contributed by atoms with van der Waals surface area (Å²) in [6, 6.07) is 11.9. The highest BCUT2D eigenvalue weighted by molar-refractivity contribution is 5.85. The first-order chi connectivity index (χ1) is 10.8. The zero-order chi connectivity index (χ0) is 15.4. The monoisotopic (exact) mass is 296 g/mol. The largest absolute Gasteiger partial charge is 0.371 e. The Balaban J connectivity index is 1.76. The molecule has 0 aliphatic heterocycles. The quantitative estimate of drug-likeness (QED) is 0.778. The number of pyridine rings is 2. The Kier molecular flexibility index (Phi) is 4.14. The molecular formula is C17H17FN4. The van der Waals surface area contributed by atoms with Crippen molar-refractivity contribution in [3.05, 3.63) is 55.0 Å². The molecule has 2 aromatic heterocycles. The first-order valence-corrected chi connectivity index (χ1v) is 7.10. The Bertz CT molecular complexity index is 758. The summed E-state index contributed by atoms with van der Waals surface area (Å²) >= 11 is 0. The number of hydrogen-bond acceptors (Lipinski definition) is 4. The molecule has 0 spiro atoms. The first kappa shape index (κ1) is 14.3. The minimum Gasteiger partial charge on any atom is -0.371 e. The highest BCUT2D eigenvalue weighted by Gasteiger charge is 2.02. The van der Waals surface area contributed by atoms with E-state index in [9.17, 15) is 4.39 Å². The molecule has 0 radical (unpaired) electrons. The smallest absolute Gasteiger partial charge is 0.130 e. The molecule has 0 fully saturated rings. The fourth-order valence-corrected chi connectivity index (χ4v) is 2.25. The van der Waals surface area contributed by atoms with E-state index < -0.39 is 0 Å². The zero-order valence-corrected chi connectivity index (χ0v) is 12.3. The lowest BCUT2D eigenvalue weighted by molar-refractivity contribution is 0.497. The summed E-state index contributed by atoms with van der Waals surface area (Å²) in [5.41, 5.74) is 1.86. The number of hydrogen-bond donors (Lipinski definition) is 1. The van der Waals surface area contributed by atoms with E-state index in [1.807, 2.05) is 48.5 Å². The standard InChI is InChI=1S/C17H17FN4/c1-22(9-7-18)16-4-5-17(20-12-16)21-15-3-2-14-11-19-8-6-13(14)10-15/h2-6,8,10-12H,7,9H2,1H3,(H,20,21). The molecule has 1 aromatic carbocycles. The predicted molar refractivity (Wildman–Crippen MR) is 88.5 cm³/mol. The second-order valence-corrected chi connectivity index (χ2v) is 5.07. The topological polar surface area (TPSA) is 41.0 Å². The van der Waals surface area contributed by atoms with Crippen LogP contribution >= 0.6 is 0 Å². The van der Waals surface area contributed by atoms with Crippen molar-refractivity contribution in [2.75, 3.05) is 30.5 Å². The summed E-state index contributed by atoms with van der Waals surface area (Å²) in [6.07, 6.45) is 5.36. The molecule has 22 heavy (non-hydrogen) atoms. The molecule has 5 heteroatoms. The third-order valence-corrected chi connectivity index (χ3v) is 3.52. The first-order valence-electron chi connectivity index (χ1n) is 7.10. The molecule has 0 saturated carbocycles. The Morgan fingerprint density at radius 2 is 2.00 bits per heavy atom. The maximum Gasteiger partial charge on any atom is 0.130 e. The number of benzene rings is 1. The van der Waals surface area contributed by atoms with Crippen molar-refractivity contribution in [1.82, 2.24) is 9.97 Å². The van der Waals surface area contributed by atoms with Crippen molar-refractivity contribution < 1.29 is 4.39 Å². The van der Waals surface area contributed by atoms with E-state index in [0.29, 0.717) is 6.54 Å². The number of halogens is 1. The SMILES string of the molecule is CN(CCF)c1ccc(Nc2ccc3cnccc3c2)nc1. The van der Waals surface area contributed by atoms with E-state index in [4.69, 9.17) is 0 Å². The maximum atomic E-state index is 12.3. The molecule has 0 amide bonds. The summed E-state index contributed by atoms with van der Waals surface area (Å²) in [5.74, 6) is 0.755. The van der Waals surface area contributed by atoms with E-state index in [1.54, 1.807) is 12.4 Å². The number of aromatic nitrogens is 2. The van der Waals surface area contributed by atoms with Crippen LogP contribution in [-0.4, -0.2) is 30.2 Å². The summed E-state index contributed by atoms with van der Waals surface area (Å²) in [4.78, 5) is 10.3. The Morgan fingerprint density at radius 3 is 2.77 bits per heavy atom. The van der Waals surface area contributed by atoms with Crippen molar-refractivity contribution in [3.8, 4) is 0 Å². The van der Waals surface area contributed by atoms with Gasteiger partial charge in [-0.2, -0.15) is 0 Å². The van der Waals surface area contributed by atoms with Crippen LogP contribution in [0, 0.1) is 0 Å². The van der Waals surface area contributed by atoms with Crippen molar-refractivity contribution >= 4 is 28.0 Å². The molecular weight excluding hydrogens is 279 g/mol. The molecule has 4 nitrogen and oxygen atoms in total. The Labute approximate surface area is 128 Å². The van der Waals surface area contributed by atoms with Crippen LogP contribution in [0.5, 0.6) is 0 Å². The average molecular weight is 296 g/mol. The van der Waals surface area contributed by atoms with Crippen LogP contribution in [0.3, 0.4) is 0 Å². The second kappa shape index (κ2) is 6.39. The zero-order valence-electron chi connectivity index (χ0n) is 12.3. The van der Waals surface area contributed by atoms with Gasteiger partial charge in [0, 0.05) is 37.1 Å². The van der Waals surface area contributed by atoms with Gasteiger partial charge in [-0.3, -0.25) is 4.98 Å². The average Bonchev–Trinajstić information content (AvgIpc) is 2.56. The molecule has 0 aliphatic carbocycles. The molecule has 3 rings (SSSR count). The number of rotatable bonds is 5. The number of anilines is 3. The van der Waals surface area contributed by atoms with E-state index in [2.05, 4.69) is 21.4 Å². The fraction of sp³-hybridized carbons (Fsp3) is 0.176. The van der Waals surface area contributed by atoms with Crippen molar-refractivity contribution in [3.63, 3.8) is 0 Å². The van der Waals surface area contributed by atoms with Gasteiger partial charge in [0.25, 0.3) is 0 Å². The van der Waals surface area contributed by atoms with E-state index in [1.165, 1.54) is 0 Å². The summed E-state index contributed by atoms with van der Waals surface area (Å²) in [6.45, 7) is -0.00435. The summed E-state index contributed by atoms with van der Waals surface area (Å²) < 4.78 is 12.3.